The van der Waals surface area contributed by atoms with Gasteiger partial charge in [-0.1, -0.05) is 35.9 Å². The zero-order chi connectivity index (χ0) is 14.7. The van der Waals surface area contributed by atoms with Gasteiger partial charge in [-0.3, -0.25) is 4.79 Å². The van der Waals surface area contributed by atoms with Crippen LogP contribution in [0, 0.1) is 6.92 Å². The quantitative estimate of drug-likeness (QED) is 0.738. The average molecular weight is 280 g/mol. The molecule has 3 rings (SSSR count). The van der Waals surface area contributed by atoms with Gasteiger partial charge < -0.3 is 4.74 Å². The van der Waals surface area contributed by atoms with E-state index in [9.17, 15) is 4.79 Å². The van der Waals surface area contributed by atoms with E-state index in [-0.39, 0.29) is 5.56 Å². The molecule has 4 nitrogen and oxygen atoms in total. The summed E-state index contributed by atoms with van der Waals surface area (Å²) in [6, 6.07) is 15.3. The van der Waals surface area contributed by atoms with Crippen molar-refractivity contribution in [1.82, 2.24) is 9.78 Å². The van der Waals surface area contributed by atoms with Crippen LogP contribution in [0.15, 0.2) is 59.5 Å². The molecule has 21 heavy (non-hydrogen) atoms. The van der Waals surface area contributed by atoms with Gasteiger partial charge in [-0.25, -0.2) is 4.68 Å². The van der Waals surface area contributed by atoms with E-state index >= 15 is 0 Å². The Bertz CT molecular complexity index is 807. The van der Waals surface area contributed by atoms with Gasteiger partial charge in [0.25, 0.3) is 5.56 Å². The predicted octanol–water partition coefficient (Wildman–Crippen LogP) is 2.78. The van der Waals surface area contributed by atoms with Crippen LogP contribution >= 0.6 is 0 Å². The first-order valence-electron chi connectivity index (χ1n) is 6.88. The molecule has 106 valence electrons. The molecule has 0 bridgehead atoms. The monoisotopic (exact) mass is 280 g/mol. The summed E-state index contributed by atoms with van der Waals surface area (Å²) in [5, 5.41) is 5.72. The number of benzene rings is 2. The molecule has 0 amide bonds. The van der Waals surface area contributed by atoms with Crippen LogP contribution in [-0.2, 0) is 6.54 Å². The average Bonchev–Trinajstić information content (AvgIpc) is 2.52. The predicted molar refractivity (Wildman–Crippen MR) is 82.7 cm³/mol. The summed E-state index contributed by atoms with van der Waals surface area (Å²) in [5.74, 6) is 0.800. The highest BCUT2D eigenvalue weighted by molar-refractivity contribution is 5.80. The van der Waals surface area contributed by atoms with Crippen molar-refractivity contribution in [3.8, 4) is 5.75 Å². The van der Waals surface area contributed by atoms with E-state index in [0.717, 1.165) is 11.1 Å². The maximum atomic E-state index is 12.3. The van der Waals surface area contributed by atoms with Gasteiger partial charge in [0.2, 0.25) is 0 Å². The maximum absolute atomic E-state index is 12.3. The second-order valence-electron chi connectivity index (χ2n) is 4.92. The fraction of sp³-hybridized carbons (Fsp3) is 0.176. The largest absolute Gasteiger partial charge is 0.492 e. The second kappa shape index (κ2) is 5.79. The van der Waals surface area contributed by atoms with E-state index in [1.165, 1.54) is 10.2 Å². The molecule has 0 spiro atoms. The molecular weight excluding hydrogens is 264 g/mol. The molecule has 0 aliphatic rings. The zero-order valence-electron chi connectivity index (χ0n) is 11.8. The number of hydrogen-bond donors (Lipinski definition) is 0. The smallest absolute Gasteiger partial charge is 0.274 e. The lowest BCUT2D eigenvalue weighted by atomic mass is 10.2. The van der Waals surface area contributed by atoms with Crippen LogP contribution in [-0.4, -0.2) is 16.4 Å². The Hall–Kier alpha value is -2.62. The number of nitrogens with zero attached hydrogens (tertiary/aromatic N) is 2. The van der Waals surface area contributed by atoms with Gasteiger partial charge in [-0.05, 0) is 25.1 Å². The molecule has 0 aliphatic heterocycles. The summed E-state index contributed by atoms with van der Waals surface area (Å²) >= 11 is 0. The first kappa shape index (κ1) is 13.4. The van der Waals surface area contributed by atoms with Crippen LogP contribution in [0.2, 0.25) is 0 Å². The number of fused-ring (bicyclic) bond motifs is 1. The Kier molecular flexibility index (Phi) is 3.69. The highest BCUT2D eigenvalue weighted by Gasteiger charge is 2.03. The first-order valence-corrected chi connectivity index (χ1v) is 6.88. The van der Waals surface area contributed by atoms with Crippen molar-refractivity contribution in [1.29, 1.82) is 0 Å². The highest BCUT2D eigenvalue weighted by atomic mass is 16.5. The zero-order valence-corrected chi connectivity index (χ0v) is 11.8. The van der Waals surface area contributed by atoms with Crippen LogP contribution in [0.25, 0.3) is 10.8 Å². The highest BCUT2D eigenvalue weighted by Crippen LogP contribution is 2.11. The lowest BCUT2D eigenvalue weighted by Crippen LogP contribution is -2.25. The van der Waals surface area contributed by atoms with Gasteiger partial charge in [0.15, 0.2) is 0 Å². The normalized spacial score (nSPS) is 10.7. The standard InChI is InChI=1S/C17H16N2O2/c1-13-6-8-15(9-7-13)21-11-10-19-17(20)16-5-3-2-4-14(16)12-18-19/h2-9,12H,10-11H2,1H3. The second-order valence-corrected chi connectivity index (χ2v) is 4.92. The van der Waals surface area contributed by atoms with Crippen LogP contribution in [0.3, 0.4) is 0 Å². The van der Waals surface area contributed by atoms with Gasteiger partial charge in [0, 0.05) is 5.39 Å². The molecule has 0 unspecified atom stereocenters. The Morgan fingerprint density at radius 3 is 2.67 bits per heavy atom. The Balaban J connectivity index is 1.72. The molecule has 3 aromatic rings. The summed E-state index contributed by atoms with van der Waals surface area (Å²) in [6.45, 7) is 2.87. The summed E-state index contributed by atoms with van der Waals surface area (Å²) in [5.41, 5.74) is 1.11. The molecule has 0 fully saturated rings. The lowest BCUT2D eigenvalue weighted by molar-refractivity contribution is 0.288. The molecule has 0 aliphatic carbocycles. The molecule has 0 saturated carbocycles. The van der Waals surface area contributed by atoms with Crippen molar-refractivity contribution in [2.75, 3.05) is 6.61 Å². The molecule has 0 saturated heterocycles. The van der Waals surface area contributed by atoms with Crippen LogP contribution < -0.4 is 10.3 Å². The SMILES string of the molecule is Cc1ccc(OCCn2ncc3ccccc3c2=O)cc1. The molecule has 4 heteroatoms. The Morgan fingerprint density at radius 1 is 1.10 bits per heavy atom. The van der Waals surface area contributed by atoms with E-state index < -0.39 is 0 Å². The van der Waals surface area contributed by atoms with Gasteiger partial charge in [-0.2, -0.15) is 5.10 Å². The number of aromatic nitrogens is 2. The van der Waals surface area contributed by atoms with E-state index in [4.69, 9.17) is 4.74 Å². The molecule has 0 N–H and O–H groups in total. The van der Waals surface area contributed by atoms with Crippen molar-refractivity contribution in [2.24, 2.45) is 0 Å². The van der Waals surface area contributed by atoms with E-state index in [0.29, 0.717) is 18.5 Å². The maximum Gasteiger partial charge on any atom is 0.274 e. The van der Waals surface area contributed by atoms with Crippen LogP contribution in [0.5, 0.6) is 5.75 Å². The van der Waals surface area contributed by atoms with Crippen LogP contribution in [0.4, 0.5) is 0 Å². The molecule has 1 heterocycles. The van der Waals surface area contributed by atoms with E-state index in [2.05, 4.69) is 5.10 Å². The number of hydrogen-bond acceptors (Lipinski definition) is 3. The van der Waals surface area contributed by atoms with Gasteiger partial charge in [0.05, 0.1) is 18.1 Å². The summed E-state index contributed by atoms with van der Waals surface area (Å²) in [6.07, 6.45) is 1.71. The fourth-order valence-corrected chi connectivity index (χ4v) is 2.17. The van der Waals surface area contributed by atoms with Crippen LogP contribution in [0.1, 0.15) is 5.56 Å². The molecular formula is C17H16N2O2. The van der Waals surface area contributed by atoms with Gasteiger partial charge in [0.1, 0.15) is 12.4 Å². The van der Waals surface area contributed by atoms with Crippen molar-refractivity contribution in [2.45, 2.75) is 13.5 Å². The minimum absolute atomic E-state index is 0.0828. The number of rotatable bonds is 4. The third kappa shape index (κ3) is 2.94. The van der Waals surface area contributed by atoms with Crippen molar-refractivity contribution in [3.05, 3.63) is 70.6 Å². The van der Waals surface area contributed by atoms with Crippen molar-refractivity contribution >= 4 is 10.8 Å². The van der Waals surface area contributed by atoms with Gasteiger partial charge >= 0.3 is 0 Å². The van der Waals surface area contributed by atoms with Crippen molar-refractivity contribution in [3.63, 3.8) is 0 Å². The van der Waals surface area contributed by atoms with Crippen molar-refractivity contribution < 1.29 is 4.74 Å². The molecule has 0 radical (unpaired) electrons. The third-order valence-corrected chi connectivity index (χ3v) is 3.35. The molecule has 1 aromatic heterocycles. The third-order valence-electron chi connectivity index (χ3n) is 3.35. The Morgan fingerprint density at radius 2 is 1.86 bits per heavy atom. The van der Waals surface area contributed by atoms with Gasteiger partial charge in [-0.15, -0.1) is 0 Å². The summed E-state index contributed by atoms with van der Waals surface area (Å²) in [4.78, 5) is 12.3. The number of aryl methyl sites for hydroxylation is 1. The first-order chi connectivity index (χ1) is 10.2. The summed E-state index contributed by atoms with van der Waals surface area (Å²) < 4.78 is 7.07. The molecule has 0 atom stereocenters. The van der Waals surface area contributed by atoms with E-state index in [1.54, 1.807) is 6.20 Å². The Labute approximate surface area is 122 Å². The fourth-order valence-electron chi connectivity index (χ4n) is 2.17. The lowest BCUT2D eigenvalue weighted by Gasteiger charge is -2.08. The van der Waals surface area contributed by atoms with E-state index in [1.807, 2.05) is 55.5 Å². The number of ether oxygens (including phenoxy) is 1. The topological polar surface area (TPSA) is 44.1 Å². The minimum atomic E-state index is -0.0828. The minimum Gasteiger partial charge on any atom is -0.492 e. The molecule has 2 aromatic carbocycles. The summed E-state index contributed by atoms with van der Waals surface area (Å²) in [7, 11) is 0.